The van der Waals surface area contributed by atoms with Crippen molar-refractivity contribution in [2.75, 3.05) is 11.4 Å². The van der Waals surface area contributed by atoms with Crippen LogP contribution in [0.15, 0.2) is 24.3 Å². The van der Waals surface area contributed by atoms with Gasteiger partial charge in [0.2, 0.25) is 5.91 Å². The van der Waals surface area contributed by atoms with E-state index in [9.17, 15) is 29.1 Å². The second-order valence-electron chi connectivity index (χ2n) is 8.15. The molecular formula is C20H30BFN2O5. The van der Waals surface area contributed by atoms with Crippen LogP contribution >= 0.6 is 0 Å². The predicted molar refractivity (Wildman–Crippen MR) is 109 cm³/mol. The summed E-state index contributed by atoms with van der Waals surface area (Å²) in [7, 11) is -1.73. The van der Waals surface area contributed by atoms with Crippen molar-refractivity contribution in [3.63, 3.8) is 0 Å². The van der Waals surface area contributed by atoms with E-state index in [0.29, 0.717) is 19.4 Å². The predicted octanol–water partition coefficient (Wildman–Crippen LogP) is 0.903. The highest BCUT2D eigenvalue weighted by atomic mass is 19.1. The number of hydrogen-bond donors (Lipinski definition) is 4. The highest BCUT2D eigenvalue weighted by molar-refractivity contribution is 6.43. The molecule has 4 N–H and O–H groups in total. The third kappa shape index (κ3) is 6.26. The van der Waals surface area contributed by atoms with Crippen molar-refractivity contribution in [1.82, 2.24) is 5.32 Å². The molecule has 7 nitrogen and oxygen atoms in total. The summed E-state index contributed by atoms with van der Waals surface area (Å²) in [5, 5.41) is 31.6. The molecule has 1 unspecified atom stereocenters. The van der Waals surface area contributed by atoms with Crippen LogP contribution < -0.4 is 10.2 Å². The number of nitrogens with one attached hydrogen (secondary N) is 1. The Labute approximate surface area is 171 Å². The maximum Gasteiger partial charge on any atom is 0.475 e. The van der Waals surface area contributed by atoms with Crippen molar-refractivity contribution in [3.05, 3.63) is 30.1 Å². The number of carbonyl (C=O) groups excluding carboxylic acids is 2. The van der Waals surface area contributed by atoms with Gasteiger partial charge in [-0.1, -0.05) is 13.8 Å². The zero-order chi connectivity index (χ0) is 21.7. The molecule has 0 saturated carbocycles. The second kappa shape index (κ2) is 10.2. The molecular weight excluding hydrogens is 378 g/mol. The quantitative estimate of drug-likeness (QED) is 0.429. The minimum Gasteiger partial charge on any atom is -0.426 e. The van der Waals surface area contributed by atoms with Crippen LogP contribution in [-0.2, 0) is 9.59 Å². The largest absolute Gasteiger partial charge is 0.475 e. The molecule has 0 radical (unpaired) electrons. The number of amides is 1. The van der Waals surface area contributed by atoms with E-state index in [4.69, 9.17) is 0 Å². The van der Waals surface area contributed by atoms with Crippen molar-refractivity contribution in [1.29, 1.82) is 0 Å². The molecule has 29 heavy (non-hydrogen) atoms. The lowest BCUT2D eigenvalue weighted by atomic mass is 9.74. The molecule has 1 aromatic carbocycles. The average molecular weight is 408 g/mol. The Bertz CT molecular complexity index is 699. The van der Waals surface area contributed by atoms with Gasteiger partial charge in [0, 0.05) is 18.7 Å². The Morgan fingerprint density at radius 2 is 1.86 bits per heavy atom. The average Bonchev–Trinajstić information content (AvgIpc) is 2.59. The van der Waals surface area contributed by atoms with Crippen molar-refractivity contribution >= 4 is 24.5 Å². The number of rotatable bonds is 10. The monoisotopic (exact) mass is 408 g/mol. The standard InChI is InChI=1S/C20H30BFN2O5/c1-12(2)10-19(21(28)29)23-20(27)16(13(3)25)11-18(26)17-8-9-24(17)15-6-4-14(22)5-7-15/h4-7,12-13,16-17,19,25,28-29H,8-11H2,1-3H3,(H,23,27)/t13?,16-,17-,19+/m0/s1. The molecule has 1 fully saturated rings. The molecule has 0 spiro atoms. The normalized spacial score (nSPS) is 19.3. The minimum atomic E-state index is -1.73. The lowest BCUT2D eigenvalue weighted by Gasteiger charge is -2.42. The molecule has 1 aliphatic rings. The maximum atomic E-state index is 13.1. The number of aliphatic hydroxyl groups excluding tert-OH is 1. The highest BCUT2D eigenvalue weighted by Gasteiger charge is 2.38. The Morgan fingerprint density at radius 3 is 2.31 bits per heavy atom. The van der Waals surface area contributed by atoms with Gasteiger partial charge in [-0.05, 0) is 49.9 Å². The van der Waals surface area contributed by atoms with Crippen LogP contribution in [0.25, 0.3) is 0 Å². The summed E-state index contributed by atoms with van der Waals surface area (Å²) in [6.45, 7) is 5.86. The summed E-state index contributed by atoms with van der Waals surface area (Å²) in [6, 6.07) is 5.44. The van der Waals surface area contributed by atoms with E-state index in [1.165, 1.54) is 19.1 Å². The summed E-state index contributed by atoms with van der Waals surface area (Å²) < 4.78 is 13.1. The Hall–Kier alpha value is -1.97. The zero-order valence-corrected chi connectivity index (χ0v) is 17.1. The summed E-state index contributed by atoms with van der Waals surface area (Å²) in [5.41, 5.74) is 0.731. The van der Waals surface area contributed by atoms with E-state index in [1.54, 1.807) is 12.1 Å². The molecule has 0 aliphatic carbocycles. The second-order valence-corrected chi connectivity index (χ2v) is 8.15. The number of anilines is 1. The van der Waals surface area contributed by atoms with Gasteiger partial charge in [-0.15, -0.1) is 0 Å². The molecule has 4 atom stereocenters. The van der Waals surface area contributed by atoms with E-state index >= 15 is 0 Å². The fourth-order valence-electron chi connectivity index (χ4n) is 3.55. The molecule has 1 saturated heterocycles. The first-order valence-electron chi connectivity index (χ1n) is 9.99. The summed E-state index contributed by atoms with van der Waals surface area (Å²) in [6.07, 6.45) is -0.267. The van der Waals surface area contributed by atoms with Crippen molar-refractivity contribution in [3.8, 4) is 0 Å². The summed E-state index contributed by atoms with van der Waals surface area (Å²) in [5.74, 6) is -2.88. The lowest BCUT2D eigenvalue weighted by molar-refractivity contribution is -0.134. The number of benzene rings is 1. The molecule has 0 aromatic heterocycles. The van der Waals surface area contributed by atoms with Crippen LogP contribution in [0, 0.1) is 17.7 Å². The van der Waals surface area contributed by atoms with E-state index in [2.05, 4.69) is 5.32 Å². The third-order valence-corrected chi connectivity index (χ3v) is 5.30. The first-order chi connectivity index (χ1) is 13.6. The first-order valence-corrected chi connectivity index (χ1v) is 9.99. The van der Waals surface area contributed by atoms with Crippen molar-refractivity contribution in [2.24, 2.45) is 11.8 Å². The molecule has 160 valence electrons. The summed E-state index contributed by atoms with van der Waals surface area (Å²) >= 11 is 0. The van der Waals surface area contributed by atoms with Gasteiger partial charge < -0.3 is 25.4 Å². The molecule has 1 heterocycles. The summed E-state index contributed by atoms with van der Waals surface area (Å²) in [4.78, 5) is 27.3. The minimum absolute atomic E-state index is 0.118. The van der Waals surface area contributed by atoms with Gasteiger partial charge in [0.15, 0.2) is 5.78 Å². The third-order valence-electron chi connectivity index (χ3n) is 5.30. The van der Waals surface area contributed by atoms with Crippen LogP contribution in [0.4, 0.5) is 10.1 Å². The van der Waals surface area contributed by atoms with Gasteiger partial charge in [-0.2, -0.15) is 0 Å². The first kappa shape index (κ1) is 23.3. The van der Waals surface area contributed by atoms with Crippen LogP contribution in [0.5, 0.6) is 0 Å². The molecule has 0 bridgehead atoms. The van der Waals surface area contributed by atoms with Gasteiger partial charge in [0.05, 0.1) is 24.0 Å². The van der Waals surface area contributed by atoms with Crippen molar-refractivity contribution < 1.29 is 29.1 Å². The molecule has 1 aromatic rings. The van der Waals surface area contributed by atoms with Gasteiger partial charge in [-0.3, -0.25) is 9.59 Å². The van der Waals surface area contributed by atoms with E-state index in [-0.39, 0.29) is 23.9 Å². The Kier molecular flexibility index (Phi) is 8.18. The zero-order valence-electron chi connectivity index (χ0n) is 17.1. The van der Waals surface area contributed by atoms with Gasteiger partial charge >= 0.3 is 7.12 Å². The molecule has 1 aliphatic heterocycles. The molecule has 2 rings (SSSR count). The smallest absolute Gasteiger partial charge is 0.426 e. The van der Waals surface area contributed by atoms with Gasteiger partial charge in [0.25, 0.3) is 0 Å². The number of hydrogen-bond acceptors (Lipinski definition) is 6. The fraction of sp³-hybridized carbons (Fsp3) is 0.600. The molecule has 1 amide bonds. The van der Waals surface area contributed by atoms with E-state index in [0.717, 1.165) is 5.69 Å². The van der Waals surface area contributed by atoms with Crippen LogP contribution in [0.3, 0.4) is 0 Å². The molecule has 9 heteroatoms. The number of aliphatic hydroxyl groups is 1. The SMILES string of the molecule is CC(C)C[C@@H](NC(=O)[C@@H](CC(=O)[C@@H]1CCN1c1ccc(F)cc1)C(C)O)B(O)O. The number of halogens is 1. The van der Waals surface area contributed by atoms with Crippen LogP contribution in [0.1, 0.15) is 40.0 Å². The van der Waals surface area contributed by atoms with Gasteiger partial charge in [0.1, 0.15) is 5.82 Å². The highest BCUT2D eigenvalue weighted by Crippen LogP contribution is 2.29. The van der Waals surface area contributed by atoms with E-state index in [1.807, 2.05) is 18.7 Å². The Balaban J connectivity index is 2.02. The topological polar surface area (TPSA) is 110 Å². The lowest BCUT2D eigenvalue weighted by Crippen LogP contribution is -2.55. The van der Waals surface area contributed by atoms with Crippen LogP contribution in [0.2, 0.25) is 0 Å². The van der Waals surface area contributed by atoms with Crippen molar-refractivity contribution in [2.45, 2.75) is 58.1 Å². The fourth-order valence-corrected chi connectivity index (χ4v) is 3.55. The number of ketones is 1. The maximum absolute atomic E-state index is 13.1. The van der Waals surface area contributed by atoms with E-state index < -0.39 is 37.0 Å². The van der Waals surface area contributed by atoms with Crippen LogP contribution in [-0.4, -0.2) is 58.6 Å². The van der Waals surface area contributed by atoms with Gasteiger partial charge in [-0.25, -0.2) is 4.39 Å². The number of carbonyl (C=O) groups is 2. The Morgan fingerprint density at radius 1 is 1.24 bits per heavy atom. The number of Topliss-reactive ketones (excluding diaryl/α,β-unsaturated/α-hetero) is 1. The number of nitrogens with zero attached hydrogens (tertiary/aromatic N) is 1.